The quantitative estimate of drug-likeness (QED) is 0.302. The zero-order chi connectivity index (χ0) is 10.3. The van der Waals surface area contributed by atoms with Crippen LogP contribution in [0.15, 0.2) is 0 Å². The number of hydrogen-bond donors (Lipinski definition) is 1. The number of hydrogen-bond acceptors (Lipinski definition) is 4. The van der Waals surface area contributed by atoms with Gasteiger partial charge in [0, 0.05) is 6.42 Å². The molecule has 0 spiro atoms. The average Bonchev–Trinajstić information content (AvgIpc) is 1.97. The molecule has 0 aliphatic heterocycles. The second-order valence-electron chi connectivity index (χ2n) is 2.55. The van der Waals surface area contributed by atoms with Gasteiger partial charge >= 0.3 is 35.5 Å². The second kappa shape index (κ2) is 8.67. The van der Waals surface area contributed by atoms with Crippen molar-refractivity contribution in [2.45, 2.75) is 26.2 Å². The molecular weight excluding hydrogens is 219 g/mol. The topological polar surface area (TPSA) is 80.7 Å². The summed E-state index contributed by atoms with van der Waals surface area (Å²) in [5, 5.41) is 0. The Bertz CT molecular complexity index is 249. The molecule has 0 aliphatic carbocycles. The van der Waals surface area contributed by atoms with Crippen molar-refractivity contribution in [2.75, 3.05) is 12.4 Å². The van der Waals surface area contributed by atoms with Crippen LogP contribution in [0.3, 0.4) is 0 Å². The van der Waals surface area contributed by atoms with Crippen molar-refractivity contribution < 1.29 is 22.5 Å². The van der Waals surface area contributed by atoms with Crippen LogP contribution < -0.4 is 0 Å². The van der Waals surface area contributed by atoms with Gasteiger partial charge in [-0.15, -0.1) is 0 Å². The number of ether oxygens (including phenoxy) is 1. The van der Waals surface area contributed by atoms with Gasteiger partial charge in [-0.05, 0) is 19.8 Å². The van der Waals surface area contributed by atoms with Gasteiger partial charge in [0.2, 0.25) is 0 Å². The normalized spacial score (nSPS) is 10.4. The summed E-state index contributed by atoms with van der Waals surface area (Å²) in [6.45, 7) is 2.03. The summed E-state index contributed by atoms with van der Waals surface area (Å²) in [6, 6.07) is 0. The van der Waals surface area contributed by atoms with Crippen molar-refractivity contribution >= 4 is 45.6 Å². The molecule has 0 aromatic carbocycles. The first-order valence-corrected chi connectivity index (χ1v) is 5.67. The number of carbonyl (C=O) groups is 1. The van der Waals surface area contributed by atoms with Gasteiger partial charge in [0.15, 0.2) is 0 Å². The molecule has 0 aliphatic rings. The van der Waals surface area contributed by atoms with E-state index in [9.17, 15) is 13.2 Å². The fourth-order valence-corrected chi connectivity index (χ4v) is 1.36. The van der Waals surface area contributed by atoms with Crippen molar-refractivity contribution in [1.82, 2.24) is 0 Å². The molecule has 0 unspecified atom stereocenters. The molecule has 0 saturated heterocycles. The summed E-state index contributed by atoms with van der Waals surface area (Å²) in [6.07, 6.45) is 0.889. The molecule has 5 nitrogen and oxygen atoms in total. The Labute approximate surface area is 106 Å². The Hall–Kier alpha value is 0.380. The maximum atomic E-state index is 10.7. The van der Waals surface area contributed by atoms with Crippen LogP contribution in [0.2, 0.25) is 0 Å². The summed E-state index contributed by atoms with van der Waals surface area (Å²) in [5.41, 5.74) is 0. The van der Waals surface area contributed by atoms with Gasteiger partial charge in [0.1, 0.15) is 0 Å². The molecule has 0 saturated carbocycles. The molecule has 0 atom stereocenters. The van der Waals surface area contributed by atoms with Crippen LogP contribution in [-0.4, -0.2) is 60.9 Å². The van der Waals surface area contributed by atoms with Crippen molar-refractivity contribution in [1.29, 1.82) is 0 Å². The Morgan fingerprint density at radius 3 is 2.36 bits per heavy atom. The van der Waals surface area contributed by atoms with Crippen molar-refractivity contribution in [3.8, 4) is 0 Å². The summed E-state index contributed by atoms with van der Waals surface area (Å²) in [4.78, 5) is 10.7. The predicted octanol–water partition coefficient (Wildman–Crippen LogP) is -0.0409. The van der Waals surface area contributed by atoms with E-state index in [1.54, 1.807) is 6.92 Å². The fraction of sp³-hybridized carbons (Fsp3) is 0.857. The van der Waals surface area contributed by atoms with Gasteiger partial charge in [-0.2, -0.15) is 8.42 Å². The van der Waals surface area contributed by atoms with E-state index in [0.29, 0.717) is 13.0 Å². The zero-order valence-electron chi connectivity index (χ0n) is 7.52. The summed E-state index contributed by atoms with van der Waals surface area (Å²) >= 11 is 0. The number of carbonyl (C=O) groups excluding carboxylic acids is 1. The zero-order valence-corrected chi connectivity index (χ0v) is 8.34. The molecule has 1 N–H and O–H groups in total. The van der Waals surface area contributed by atoms with Gasteiger partial charge in [-0.25, -0.2) is 0 Å². The molecule has 0 amide bonds. The molecule has 0 aromatic heterocycles. The molecule has 0 bridgehead atoms. The van der Waals surface area contributed by atoms with E-state index in [4.69, 9.17) is 4.55 Å². The first-order valence-electron chi connectivity index (χ1n) is 4.06. The van der Waals surface area contributed by atoms with E-state index in [1.807, 2.05) is 0 Å². The van der Waals surface area contributed by atoms with Crippen LogP contribution in [-0.2, 0) is 19.6 Å². The van der Waals surface area contributed by atoms with E-state index in [0.717, 1.165) is 0 Å². The third-order valence-electron chi connectivity index (χ3n) is 1.34. The van der Waals surface area contributed by atoms with Gasteiger partial charge in [-0.1, -0.05) is 0 Å². The Kier molecular flexibility index (Phi) is 10.4. The van der Waals surface area contributed by atoms with Crippen molar-refractivity contribution in [2.24, 2.45) is 0 Å². The molecule has 7 heteroatoms. The summed E-state index contributed by atoms with van der Waals surface area (Å²) in [7, 11) is -3.89. The van der Waals surface area contributed by atoms with E-state index < -0.39 is 10.1 Å². The molecule has 0 rings (SSSR count). The van der Waals surface area contributed by atoms with Gasteiger partial charge < -0.3 is 4.74 Å². The third kappa shape index (κ3) is 12.4. The third-order valence-corrected chi connectivity index (χ3v) is 2.14. The van der Waals surface area contributed by atoms with E-state index in [2.05, 4.69) is 4.74 Å². The Morgan fingerprint density at radius 1 is 1.36 bits per heavy atom. The standard InChI is InChI=1S/C7H14O5S.Na.H/c1-2-12-7(8)5-3-4-6-13(9,10)11;;/h2-6H2,1H3,(H,9,10,11);;. The molecule has 0 heterocycles. The van der Waals surface area contributed by atoms with Crippen LogP contribution in [0.25, 0.3) is 0 Å². The van der Waals surface area contributed by atoms with Gasteiger partial charge in [-0.3, -0.25) is 9.35 Å². The van der Waals surface area contributed by atoms with Crippen molar-refractivity contribution in [3.05, 3.63) is 0 Å². The van der Waals surface area contributed by atoms with Gasteiger partial charge in [0.25, 0.3) is 10.1 Å². The van der Waals surface area contributed by atoms with Gasteiger partial charge in [0.05, 0.1) is 12.4 Å². The fourth-order valence-electron chi connectivity index (χ4n) is 0.787. The van der Waals surface area contributed by atoms with E-state index in [-0.39, 0.29) is 54.1 Å². The predicted molar refractivity (Wildman–Crippen MR) is 54.0 cm³/mol. The molecule has 0 radical (unpaired) electrons. The summed E-state index contributed by atoms with van der Waals surface area (Å²) < 4.78 is 33.4. The minimum absolute atomic E-state index is 0. The molecular formula is C7H15NaO5S. The average molecular weight is 234 g/mol. The maximum absolute atomic E-state index is 10.7. The Morgan fingerprint density at radius 2 is 1.93 bits per heavy atom. The van der Waals surface area contributed by atoms with E-state index >= 15 is 0 Å². The monoisotopic (exact) mass is 234 g/mol. The number of esters is 1. The SMILES string of the molecule is CCOC(=O)CCCCS(=O)(=O)O.[NaH]. The Balaban J connectivity index is 0. The molecule has 0 aromatic rings. The molecule has 14 heavy (non-hydrogen) atoms. The van der Waals surface area contributed by atoms with Crippen LogP contribution >= 0.6 is 0 Å². The first-order chi connectivity index (χ1) is 5.95. The van der Waals surface area contributed by atoms with Crippen LogP contribution in [0.4, 0.5) is 0 Å². The molecule has 0 fully saturated rings. The molecule has 80 valence electrons. The van der Waals surface area contributed by atoms with E-state index in [1.165, 1.54) is 0 Å². The summed E-state index contributed by atoms with van der Waals surface area (Å²) in [5.74, 6) is -0.635. The minimum atomic E-state index is -3.89. The number of rotatable bonds is 6. The van der Waals surface area contributed by atoms with Crippen LogP contribution in [0, 0.1) is 0 Å². The first kappa shape index (κ1) is 16.8. The van der Waals surface area contributed by atoms with Crippen LogP contribution in [0.5, 0.6) is 0 Å². The van der Waals surface area contributed by atoms with Crippen LogP contribution in [0.1, 0.15) is 26.2 Å². The number of unbranched alkanes of at least 4 members (excludes halogenated alkanes) is 1. The second-order valence-corrected chi connectivity index (χ2v) is 4.12. The van der Waals surface area contributed by atoms with Crippen molar-refractivity contribution in [3.63, 3.8) is 0 Å².